The summed E-state index contributed by atoms with van der Waals surface area (Å²) in [6.45, 7) is 6.31. The van der Waals surface area contributed by atoms with E-state index in [4.69, 9.17) is 4.74 Å². The van der Waals surface area contributed by atoms with Gasteiger partial charge in [0.05, 0.1) is 6.61 Å². The highest BCUT2D eigenvalue weighted by atomic mass is 16.5. The number of aryl methyl sites for hydroxylation is 1. The average Bonchev–Trinajstić information content (AvgIpc) is 3.22. The highest BCUT2D eigenvalue weighted by Gasteiger charge is 2.19. The predicted molar refractivity (Wildman–Crippen MR) is 80.7 cm³/mol. The summed E-state index contributed by atoms with van der Waals surface area (Å²) >= 11 is 0. The maximum atomic E-state index is 5.46. The van der Waals surface area contributed by atoms with Crippen molar-refractivity contribution in [1.29, 1.82) is 0 Å². The maximum Gasteiger partial charge on any atom is 0.119 e. The Bertz CT molecular complexity index is 356. The van der Waals surface area contributed by atoms with E-state index in [1.165, 1.54) is 44.2 Å². The first-order valence-corrected chi connectivity index (χ1v) is 7.73. The van der Waals surface area contributed by atoms with Gasteiger partial charge in [0.1, 0.15) is 5.75 Å². The molecule has 2 heteroatoms. The summed E-state index contributed by atoms with van der Waals surface area (Å²) in [6, 6.07) is 9.40. The summed E-state index contributed by atoms with van der Waals surface area (Å²) in [5, 5.41) is 3.59. The molecule has 1 fully saturated rings. The first-order valence-electron chi connectivity index (χ1n) is 7.73. The molecule has 1 atom stereocenters. The number of benzene rings is 1. The second-order valence-corrected chi connectivity index (χ2v) is 5.74. The van der Waals surface area contributed by atoms with E-state index in [9.17, 15) is 0 Å². The van der Waals surface area contributed by atoms with E-state index < -0.39 is 0 Å². The second kappa shape index (κ2) is 7.54. The molecule has 1 aliphatic rings. The van der Waals surface area contributed by atoms with Crippen molar-refractivity contribution in [1.82, 2.24) is 5.32 Å². The van der Waals surface area contributed by atoms with Gasteiger partial charge in [-0.2, -0.15) is 0 Å². The Morgan fingerprint density at radius 3 is 2.58 bits per heavy atom. The molecule has 0 aliphatic heterocycles. The minimum atomic E-state index is 0.740. The Kier molecular flexibility index (Phi) is 5.71. The van der Waals surface area contributed by atoms with Gasteiger partial charge in [-0.15, -0.1) is 0 Å². The minimum absolute atomic E-state index is 0.740. The summed E-state index contributed by atoms with van der Waals surface area (Å²) < 4.78 is 5.46. The van der Waals surface area contributed by atoms with Crippen LogP contribution in [0.15, 0.2) is 24.3 Å². The first-order chi connectivity index (χ1) is 9.28. The third-order valence-corrected chi connectivity index (χ3v) is 3.81. The summed E-state index contributed by atoms with van der Waals surface area (Å²) in [7, 11) is 0. The molecule has 19 heavy (non-hydrogen) atoms. The normalized spacial score (nSPS) is 16.3. The molecule has 1 aromatic rings. The molecule has 2 nitrogen and oxygen atoms in total. The van der Waals surface area contributed by atoms with E-state index in [1.54, 1.807) is 0 Å². The highest BCUT2D eigenvalue weighted by Crippen LogP contribution is 2.20. The molecule has 1 unspecified atom stereocenters. The first kappa shape index (κ1) is 14.4. The van der Waals surface area contributed by atoms with E-state index in [-0.39, 0.29) is 0 Å². The molecule has 0 aromatic heterocycles. The number of ether oxygens (including phenoxy) is 1. The van der Waals surface area contributed by atoms with Crippen LogP contribution >= 0.6 is 0 Å². The lowest BCUT2D eigenvalue weighted by atomic mass is 9.98. The lowest BCUT2D eigenvalue weighted by molar-refractivity contribution is 0.340. The lowest BCUT2D eigenvalue weighted by Crippen LogP contribution is -2.19. The van der Waals surface area contributed by atoms with Gasteiger partial charge in [-0.1, -0.05) is 19.1 Å². The third-order valence-electron chi connectivity index (χ3n) is 3.81. The quantitative estimate of drug-likeness (QED) is 0.730. The molecule has 1 saturated carbocycles. The molecule has 1 aromatic carbocycles. The molecule has 1 aliphatic carbocycles. The molecule has 0 heterocycles. The maximum absolute atomic E-state index is 5.46. The van der Waals surface area contributed by atoms with Crippen molar-refractivity contribution >= 4 is 0 Å². The van der Waals surface area contributed by atoms with Gasteiger partial charge in [-0.25, -0.2) is 0 Å². The zero-order chi connectivity index (χ0) is 13.5. The average molecular weight is 261 g/mol. The van der Waals surface area contributed by atoms with Crippen molar-refractivity contribution in [2.45, 2.75) is 52.0 Å². The number of hydrogen-bond donors (Lipinski definition) is 1. The molecule has 1 N–H and O–H groups in total. The van der Waals surface area contributed by atoms with E-state index in [1.807, 2.05) is 6.92 Å². The van der Waals surface area contributed by atoms with Crippen LogP contribution in [0.1, 0.15) is 45.1 Å². The van der Waals surface area contributed by atoms with E-state index in [0.717, 1.165) is 24.3 Å². The standard InChI is InChI=1S/C17H27NO/c1-3-19-17-10-6-15(7-11-17)5-4-14(2)12-13-18-16-8-9-16/h6-7,10-11,14,16,18H,3-5,8-9,12-13H2,1-2H3. The molecule has 0 saturated heterocycles. The third kappa shape index (κ3) is 5.65. The van der Waals surface area contributed by atoms with Gasteiger partial charge in [-0.05, 0) is 69.2 Å². The van der Waals surface area contributed by atoms with Gasteiger partial charge < -0.3 is 10.1 Å². The molecule has 0 bridgehead atoms. The van der Waals surface area contributed by atoms with Gasteiger partial charge in [-0.3, -0.25) is 0 Å². The Hall–Kier alpha value is -1.02. The van der Waals surface area contributed by atoms with Crippen molar-refractivity contribution in [3.63, 3.8) is 0 Å². The summed E-state index contributed by atoms with van der Waals surface area (Å²) in [6.07, 6.45) is 6.53. The Morgan fingerprint density at radius 1 is 1.21 bits per heavy atom. The van der Waals surface area contributed by atoms with Gasteiger partial charge >= 0.3 is 0 Å². The van der Waals surface area contributed by atoms with Crippen LogP contribution in [0.25, 0.3) is 0 Å². The number of rotatable bonds is 9. The largest absolute Gasteiger partial charge is 0.494 e. The summed E-state index contributed by atoms with van der Waals surface area (Å²) in [5.41, 5.74) is 1.42. The van der Waals surface area contributed by atoms with Gasteiger partial charge in [0.2, 0.25) is 0 Å². The fourth-order valence-corrected chi connectivity index (χ4v) is 2.30. The number of nitrogens with one attached hydrogen (secondary N) is 1. The Balaban J connectivity index is 1.62. The zero-order valence-electron chi connectivity index (χ0n) is 12.3. The number of hydrogen-bond acceptors (Lipinski definition) is 2. The van der Waals surface area contributed by atoms with E-state index >= 15 is 0 Å². The Labute approximate surface area is 117 Å². The summed E-state index contributed by atoms with van der Waals surface area (Å²) in [4.78, 5) is 0. The van der Waals surface area contributed by atoms with Crippen LogP contribution in [0.5, 0.6) is 5.75 Å². The van der Waals surface area contributed by atoms with Crippen LogP contribution < -0.4 is 10.1 Å². The molecule has 0 radical (unpaired) electrons. The molecule has 106 valence electrons. The lowest BCUT2D eigenvalue weighted by Gasteiger charge is -2.12. The summed E-state index contributed by atoms with van der Waals surface area (Å²) in [5.74, 6) is 1.78. The van der Waals surface area contributed by atoms with Crippen molar-refractivity contribution < 1.29 is 4.74 Å². The molecular weight excluding hydrogens is 234 g/mol. The van der Waals surface area contributed by atoms with Crippen molar-refractivity contribution in [3.05, 3.63) is 29.8 Å². The predicted octanol–water partition coefficient (Wildman–Crippen LogP) is 3.80. The second-order valence-electron chi connectivity index (χ2n) is 5.74. The molecular formula is C17H27NO. The topological polar surface area (TPSA) is 21.3 Å². The van der Waals surface area contributed by atoms with Crippen LogP contribution in [0, 0.1) is 5.92 Å². The van der Waals surface area contributed by atoms with Crippen molar-refractivity contribution in [2.75, 3.05) is 13.2 Å². The monoisotopic (exact) mass is 261 g/mol. The van der Waals surface area contributed by atoms with Crippen LogP contribution in [0.2, 0.25) is 0 Å². The van der Waals surface area contributed by atoms with Gasteiger partial charge in [0.15, 0.2) is 0 Å². The molecule has 0 spiro atoms. The molecule has 0 amide bonds. The van der Waals surface area contributed by atoms with Crippen molar-refractivity contribution in [3.8, 4) is 5.75 Å². The highest BCUT2D eigenvalue weighted by molar-refractivity contribution is 5.27. The van der Waals surface area contributed by atoms with Crippen molar-refractivity contribution in [2.24, 2.45) is 5.92 Å². The minimum Gasteiger partial charge on any atom is -0.494 e. The van der Waals surface area contributed by atoms with Crippen LogP contribution in [-0.2, 0) is 6.42 Å². The van der Waals surface area contributed by atoms with Crippen LogP contribution in [0.4, 0.5) is 0 Å². The van der Waals surface area contributed by atoms with E-state index in [2.05, 4.69) is 36.5 Å². The van der Waals surface area contributed by atoms with Gasteiger partial charge in [0, 0.05) is 6.04 Å². The van der Waals surface area contributed by atoms with E-state index in [0.29, 0.717) is 0 Å². The zero-order valence-corrected chi connectivity index (χ0v) is 12.3. The Morgan fingerprint density at radius 2 is 1.95 bits per heavy atom. The SMILES string of the molecule is CCOc1ccc(CCC(C)CCNC2CC2)cc1. The van der Waals surface area contributed by atoms with Crippen LogP contribution in [0.3, 0.4) is 0 Å². The fraction of sp³-hybridized carbons (Fsp3) is 0.647. The fourth-order valence-electron chi connectivity index (χ4n) is 2.30. The van der Waals surface area contributed by atoms with Gasteiger partial charge in [0.25, 0.3) is 0 Å². The molecule has 2 rings (SSSR count). The van der Waals surface area contributed by atoms with Crippen LogP contribution in [-0.4, -0.2) is 19.2 Å². The smallest absolute Gasteiger partial charge is 0.119 e.